The lowest BCUT2D eigenvalue weighted by atomic mass is 10.3. The van der Waals surface area contributed by atoms with Crippen LogP contribution in [0, 0.1) is 0 Å². The molecule has 5 nitrogen and oxygen atoms in total. The van der Waals surface area contributed by atoms with Crippen LogP contribution in [0.1, 0.15) is 46.5 Å². The highest BCUT2D eigenvalue weighted by molar-refractivity contribution is 7.92. The van der Waals surface area contributed by atoms with Gasteiger partial charge in [0.2, 0.25) is 5.91 Å². The predicted octanol–water partition coefficient (Wildman–Crippen LogP) is 1.01. The van der Waals surface area contributed by atoms with Crippen LogP contribution in [0.4, 0.5) is 0 Å². The quantitative estimate of drug-likeness (QED) is 0.791. The average Bonchev–Trinajstić information content (AvgIpc) is 2.80. The van der Waals surface area contributed by atoms with Gasteiger partial charge in [-0.3, -0.25) is 9.00 Å². The number of carbonyl (C=O) groups is 1. The fraction of sp³-hybridized carbons (Fsp3) is 0.923. The number of nitrogens with one attached hydrogen (secondary N) is 1. The van der Waals surface area contributed by atoms with Crippen molar-refractivity contribution in [2.24, 2.45) is 0 Å². The van der Waals surface area contributed by atoms with E-state index < -0.39 is 32.3 Å². The molecule has 1 aliphatic carbocycles. The average molecular weight is 323 g/mol. The molecule has 118 valence electrons. The molecule has 0 aromatic rings. The second-order valence-corrected chi connectivity index (χ2v) is 10.8. The fourth-order valence-electron chi connectivity index (χ4n) is 2.19. The number of carbonyl (C=O) groups excluding carboxylic acids is 1. The Morgan fingerprint density at radius 2 is 1.80 bits per heavy atom. The van der Waals surface area contributed by atoms with E-state index >= 15 is 0 Å². The summed E-state index contributed by atoms with van der Waals surface area (Å²) in [6.07, 6.45) is 3.19. The highest BCUT2D eigenvalue weighted by atomic mass is 32.2. The Kier molecular flexibility index (Phi) is 6.19. The first kappa shape index (κ1) is 17.6. The van der Waals surface area contributed by atoms with Crippen molar-refractivity contribution in [1.29, 1.82) is 0 Å². The van der Waals surface area contributed by atoms with Gasteiger partial charge in [-0.05, 0) is 33.6 Å². The summed E-state index contributed by atoms with van der Waals surface area (Å²) in [5, 5.41) is 2.20. The highest BCUT2D eigenvalue weighted by Crippen LogP contribution is 2.25. The van der Waals surface area contributed by atoms with Crippen LogP contribution in [0.5, 0.6) is 0 Å². The SMILES string of the molecule is CC(C)(C)S(=O)CCNC(=O)CS(=O)(=O)C1CCCC1. The summed E-state index contributed by atoms with van der Waals surface area (Å²) < 4.78 is 35.4. The zero-order chi connectivity index (χ0) is 15.4. The molecule has 1 fully saturated rings. The van der Waals surface area contributed by atoms with E-state index in [1.807, 2.05) is 20.8 Å². The van der Waals surface area contributed by atoms with Gasteiger partial charge in [0.15, 0.2) is 9.84 Å². The normalized spacial score (nSPS) is 18.9. The van der Waals surface area contributed by atoms with Crippen molar-refractivity contribution in [3.05, 3.63) is 0 Å². The van der Waals surface area contributed by atoms with Gasteiger partial charge in [-0.15, -0.1) is 0 Å². The smallest absolute Gasteiger partial charge is 0.235 e. The molecule has 7 heteroatoms. The van der Waals surface area contributed by atoms with E-state index in [9.17, 15) is 17.4 Å². The summed E-state index contributed by atoms with van der Waals surface area (Å²) >= 11 is 0. The lowest BCUT2D eigenvalue weighted by Crippen LogP contribution is -2.37. The standard InChI is InChI=1S/C13H25NO4S2/c1-13(2,3)19(16)9-8-14-12(15)10-20(17,18)11-6-4-5-7-11/h11H,4-10H2,1-3H3,(H,14,15). The van der Waals surface area contributed by atoms with Crippen LogP contribution < -0.4 is 5.32 Å². The maximum atomic E-state index is 12.0. The van der Waals surface area contributed by atoms with E-state index in [2.05, 4.69) is 5.32 Å². The van der Waals surface area contributed by atoms with Gasteiger partial charge in [-0.2, -0.15) is 0 Å². The Labute approximate surface area is 124 Å². The van der Waals surface area contributed by atoms with Crippen LogP contribution in [0.25, 0.3) is 0 Å². The maximum absolute atomic E-state index is 12.0. The molecule has 1 rings (SSSR count). The molecule has 0 aromatic carbocycles. The molecule has 0 heterocycles. The second-order valence-electron chi connectivity index (χ2n) is 6.23. The van der Waals surface area contributed by atoms with E-state index in [4.69, 9.17) is 0 Å². The minimum Gasteiger partial charge on any atom is -0.354 e. The van der Waals surface area contributed by atoms with Crippen molar-refractivity contribution in [2.45, 2.75) is 56.5 Å². The molecule has 0 bridgehead atoms. The Balaban J connectivity index is 2.35. The molecule has 0 radical (unpaired) electrons. The van der Waals surface area contributed by atoms with Crippen molar-refractivity contribution in [3.8, 4) is 0 Å². The Bertz CT molecular complexity index is 459. The van der Waals surface area contributed by atoms with Gasteiger partial charge in [0.05, 0.1) is 5.25 Å². The van der Waals surface area contributed by atoms with Gasteiger partial charge in [-0.1, -0.05) is 12.8 Å². The van der Waals surface area contributed by atoms with Crippen LogP contribution in [0.3, 0.4) is 0 Å². The Morgan fingerprint density at radius 1 is 1.25 bits per heavy atom. The molecule has 0 spiro atoms. The molecule has 1 N–H and O–H groups in total. The van der Waals surface area contributed by atoms with Gasteiger partial charge < -0.3 is 5.32 Å². The molecule has 1 amide bonds. The number of sulfone groups is 1. The van der Waals surface area contributed by atoms with Crippen molar-refractivity contribution < 1.29 is 17.4 Å². The van der Waals surface area contributed by atoms with Crippen LogP contribution in [0.2, 0.25) is 0 Å². The lowest BCUT2D eigenvalue weighted by Gasteiger charge is -2.17. The Morgan fingerprint density at radius 3 is 2.30 bits per heavy atom. The summed E-state index contributed by atoms with van der Waals surface area (Å²) in [6.45, 7) is 5.86. The number of hydrogen-bond acceptors (Lipinski definition) is 4. The summed E-state index contributed by atoms with van der Waals surface area (Å²) in [5.74, 6) is -0.582. The zero-order valence-electron chi connectivity index (χ0n) is 12.5. The van der Waals surface area contributed by atoms with Crippen molar-refractivity contribution in [1.82, 2.24) is 5.32 Å². The van der Waals surface area contributed by atoms with Crippen LogP contribution >= 0.6 is 0 Å². The summed E-state index contributed by atoms with van der Waals surface area (Å²) in [5.41, 5.74) is 0. The van der Waals surface area contributed by atoms with E-state index in [1.54, 1.807) is 0 Å². The number of rotatable bonds is 6. The van der Waals surface area contributed by atoms with E-state index in [0.717, 1.165) is 12.8 Å². The van der Waals surface area contributed by atoms with Gasteiger partial charge in [0, 0.05) is 27.8 Å². The molecule has 1 aliphatic rings. The molecular weight excluding hydrogens is 298 g/mol. The third-order valence-corrected chi connectivity index (χ3v) is 7.53. The molecule has 1 atom stereocenters. The van der Waals surface area contributed by atoms with Gasteiger partial charge in [-0.25, -0.2) is 8.42 Å². The summed E-state index contributed by atoms with van der Waals surface area (Å²) in [7, 11) is -4.37. The molecule has 0 aromatic heterocycles. The monoisotopic (exact) mass is 323 g/mol. The van der Waals surface area contributed by atoms with Gasteiger partial charge in [0.1, 0.15) is 5.75 Å². The summed E-state index contributed by atoms with van der Waals surface area (Å²) in [6, 6.07) is 0. The first-order valence-electron chi connectivity index (χ1n) is 6.99. The number of hydrogen-bond donors (Lipinski definition) is 1. The molecule has 20 heavy (non-hydrogen) atoms. The first-order chi connectivity index (χ1) is 9.13. The zero-order valence-corrected chi connectivity index (χ0v) is 14.1. The van der Waals surface area contributed by atoms with Crippen LogP contribution in [0.15, 0.2) is 0 Å². The molecule has 1 unspecified atom stereocenters. The van der Waals surface area contributed by atoms with Crippen LogP contribution in [-0.4, -0.2) is 46.6 Å². The highest BCUT2D eigenvalue weighted by Gasteiger charge is 2.30. The Hall–Kier alpha value is -0.430. The van der Waals surface area contributed by atoms with E-state index in [0.29, 0.717) is 18.6 Å². The first-order valence-corrected chi connectivity index (χ1v) is 10.0. The molecule has 0 saturated heterocycles. The third-order valence-electron chi connectivity index (χ3n) is 3.43. The molecule has 1 saturated carbocycles. The second kappa shape index (κ2) is 7.02. The van der Waals surface area contributed by atoms with Crippen molar-refractivity contribution in [2.75, 3.05) is 18.1 Å². The number of amides is 1. The summed E-state index contributed by atoms with van der Waals surface area (Å²) in [4.78, 5) is 11.7. The molecule has 0 aliphatic heterocycles. The van der Waals surface area contributed by atoms with Crippen LogP contribution in [-0.2, 0) is 25.4 Å². The maximum Gasteiger partial charge on any atom is 0.235 e. The third kappa shape index (κ3) is 5.52. The van der Waals surface area contributed by atoms with E-state index in [-0.39, 0.29) is 16.5 Å². The predicted molar refractivity (Wildman–Crippen MR) is 81.8 cm³/mol. The lowest BCUT2D eigenvalue weighted by molar-refractivity contribution is -0.118. The minimum absolute atomic E-state index is 0.253. The van der Waals surface area contributed by atoms with E-state index in [1.165, 1.54) is 0 Å². The van der Waals surface area contributed by atoms with Crippen molar-refractivity contribution in [3.63, 3.8) is 0 Å². The van der Waals surface area contributed by atoms with Crippen molar-refractivity contribution >= 4 is 26.5 Å². The van der Waals surface area contributed by atoms with Gasteiger partial charge in [0.25, 0.3) is 0 Å². The van der Waals surface area contributed by atoms with Gasteiger partial charge >= 0.3 is 0 Å². The topological polar surface area (TPSA) is 80.3 Å². The minimum atomic E-state index is -3.33. The molecular formula is C13H25NO4S2. The fourth-order valence-corrected chi connectivity index (χ4v) is 4.84. The largest absolute Gasteiger partial charge is 0.354 e.